The molecule has 0 N–H and O–H groups in total. The fraction of sp³-hybridized carbons (Fsp3) is 0.190. The van der Waals surface area contributed by atoms with Gasteiger partial charge in [-0.3, -0.25) is 9.79 Å². The quantitative estimate of drug-likeness (QED) is 0.580. The van der Waals surface area contributed by atoms with E-state index in [1.165, 1.54) is 12.1 Å². The summed E-state index contributed by atoms with van der Waals surface area (Å²) < 4.78 is 13.0. The van der Waals surface area contributed by atoms with E-state index in [0.29, 0.717) is 28.1 Å². The van der Waals surface area contributed by atoms with E-state index in [0.717, 1.165) is 12.0 Å². The molecule has 132 valence electrons. The van der Waals surface area contributed by atoms with Crippen molar-refractivity contribution in [2.24, 2.45) is 10.1 Å². The maximum Gasteiger partial charge on any atom is 0.191 e. The van der Waals surface area contributed by atoms with Gasteiger partial charge >= 0.3 is 0 Å². The van der Waals surface area contributed by atoms with Crippen molar-refractivity contribution in [3.05, 3.63) is 82.3 Å². The van der Waals surface area contributed by atoms with Crippen LogP contribution in [0, 0.1) is 5.82 Å². The number of hydrogen-bond acceptors (Lipinski definition) is 4. The van der Waals surface area contributed by atoms with E-state index < -0.39 is 0 Å². The minimum Gasteiger partial charge on any atom is -0.390 e. The highest BCUT2D eigenvalue weighted by atomic mass is 19.1. The third-order valence-electron chi connectivity index (χ3n) is 4.05. The van der Waals surface area contributed by atoms with Crippen LogP contribution in [0.3, 0.4) is 0 Å². The highest BCUT2D eigenvalue weighted by Gasteiger charge is 2.28. The lowest BCUT2D eigenvalue weighted by Crippen LogP contribution is -2.21. The Labute approximate surface area is 151 Å². The number of oxime groups is 1. The van der Waals surface area contributed by atoms with Gasteiger partial charge in [0.2, 0.25) is 0 Å². The fourth-order valence-electron chi connectivity index (χ4n) is 2.69. The van der Waals surface area contributed by atoms with E-state index >= 15 is 0 Å². The molecule has 0 saturated heterocycles. The van der Waals surface area contributed by atoms with E-state index in [9.17, 15) is 9.18 Å². The second-order valence-corrected chi connectivity index (χ2v) is 5.91. The Morgan fingerprint density at radius 3 is 2.46 bits per heavy atom. The number of Topliss-reactive ketones (excluding diaryl/α,β-unsaturated/α-hetero) is 1. The van der Waals surface area contributed by atoms with Gasteiger partial charge in [0.25, 0.3) is 0 Å². The van der Waals surface area contributed by atoms with Gasteiger partial charge in [0.15, 0.2) is 5.78 Å². The number of ketones is 1. The molecule has 0 bridgehead atoms. The Kier molecular flexibility index (Phi) is 5.37. The van der Waals surface area contributed by atoms with E-state index in [1.54, 1.807) is 31.3 Å². The van der Waals surface area contributed by atoms with Gasteiger partial charge in [-0.15, -0.1) is 0 Å². The lowest BCUT2D eigenvalue weighted by Gasteiger charge is -2.19. The molecule has 26 heavy (non-hydrogen) atoms. The summed E-state index contributed by atoms with van der Waals surface area (Å²) in [5.74, 6) is -0.351. The minimum absolute atomic E-state index is 0.0543. The number of carbonyl (C=O) groups excluding carboxylic acids is 1. The normalized spacial score (nSPS) is 15.7. The van der Waals surface area contributed by atoms with Crippen molar-refractivity contribution < 1.29 is 14.0 Å². The van der Waals surface area contributed by atoms with Crippen LogP contribution in [0.25, 0.3) is 0 Å². The molecular weight excluding hydrogens is 331 g/mol. The number of fused-ring (bicyclic) bond motifs is 1. The third kappa shape index (κ3) is 3.61. The highest BCUT2D eigenvalue weighted by molar-refractivity contribution is 6.28. The molecule has 1 aliphatic carbocycles. The molecule has 3 rings (SSSR count). The van der Waals surface area contributed by atoms with Gasteiger partial charge < -0.3 is 4.84 Å². The minimum atomic E-state index is -0.297. The molecule has 5 heteroatoms. The average Bonchev–Trinajstić information content (AvgIpc) is 2.66. The first-order valence-electron chi connectivity index (χ1n) is 8.44. The monoisotopic (exact) mass is 350 g/mol. The smallest absolute Gasteiger partial charge is 0.191 e. The summed E-state index contributed by atoms with van der Waals surface area (Å²) in [6.07, 6.45) is 2.49. The number of hydrogen-bond donors (Lipinski definition) is 0. The van der Waals surface area contributed by atoms with Crippen molar-refractivity contribution >= 4 is 17.7 Å². The third-order valence-corrected chi connectivity index (χ3v) is 4.05. The van der Waals surface area contributed by atoms with Crippen LogP contribution in [-0.2, 0) is 11.4 Å². The van der Waals surface area contributed by atoms with Crippen LogP contribution < -0.4 is 0 Å². The molecule has 0 unspecified atom stereocenters. The fourth-order valence-corrected chi connectivity index (χ4v) is 2.69. The van der Waals surface area contributed by atoms with Gasteiger partial charge in [-0.1, -0.05) is 48.5 Å². The summed E-state index contributed by atoms with van der Waals surface area (Å²) in [6, 6.07) is 13.3. The van der Waals surface area contributed by atoms with Gasteiger partial charge in [0.1, 0.15) is 18.1 Å². The summed E-state index contributed by atoms with van der Waals surface area (Å²) in [5.41, 5.74) is 3.68. The van der Waals surface area contributed by atoms with Crippen molar-refractivity contribution in [2.45, 2.75) is 26.9 Å². The van der Waals surface area contributed by atoms with Crippen LogP contribution in [-0.4, -0.2) is 17.7 Å². The molecule has 2 aromatic rings. The molecular formula is C21H19FN2O2. The summed E-state index contributed by atoms with van der Waals surface area (Å²) in [7, 11) is 0. The van der Waals surface area contributed by atoms with Crippen molar-refractivity contribution in [1.82, 2.24) is 0 Å². The molecule has 0 heterocycles. The molecule has 2 aromatic carbocycles. The van der Waals surface area contributed by atoms with E-state index in [1.807, 2.05) is 25.1 Å². The van der Waals surface area contributed by atoms with Crippen LogP contribution >= 0.6 is 0 Å². The second kappa shape index (κ2) is 7.87. The zero-order valence-corrected chi connectivity index (χ0v) is 14.7. The molecule has 0 radical (unpaired) electrons. The second-order valence-electron chi connectivity index (χ2n) is 5.91. The van der Waals surface area contributed by atoms with Crippen molar-refractivity contribution in [1.29, 1.82) is 0 Å². The maximum atomic E-state index is 13.0. The van der Waals surface area contributed by atoms with Crippen LogP contribution in [0.15, 0.2) is 69.9 Å². The lowest BCUT2D eigenvalue weighted by atomic mass is 9.87. The largest absolute Gasteiger partial charge is 0.390 e. The first-order chi connectivity index (χ1) is 12.6. The van der Waals surface area contributed by atoms with Gasteiger partial charge in [0.05, 0.1) is 5.70 Å². The molecule has 0 aromatic heterocycles. The van der Waals surface area contributed by atoms with Crippen LogP contribution in [0.2, 0.25) is 0 Å². The van der Waals surface area contributed by atoms with E-state index in [2.05, 4.69) is 10.1 Å². The highest BCUT2D eigenvalue weighted by Crippen LogP contribution is 2.27. The first kappa shape index (κ1) is 17.7. The number of nitrogens with zero attached hydrogens (tertiary/aromatic N) is 2. The van der Waals surface area contributed by atoms with Gasteiger partial charge in [-0.05, 0) is 31.0 Å². The number of aliphatic imine (C=N–C) groups is 1. The summed E-state index contributed by atoms with van der Waals surface area (Å²) in [5, 5.41) is 4.26. The Morgan fingerprint density at radius 2 is 1.77 bits per heavy atom. The van der Waals surface area contributed by atoms with Gasteiger partial charge in [0, 0.05) is 22.9 Å². The van der Waals surface area contributed by atoms with Gasteiger partial charge in [-0.25, -0.2) is 4.39 Å². The molecule has 0 spiro atoms. The van der Waals surface area contributed by atoms with Crippen molar-refractivity contribution in [3.8, 4) is 0 Å². The number of halogens is 1. The summed E-state index contributed by atoms with van der Waals surface area (Å²) in [6.45, 7) is 3.92. The number of allylic oxidation sites excluding steroid dienone is 2. The Bertz CT molecular complexity index is 912. The molecule has 4 nitrogen and oxygen atoms in total. The Morgan fingerprint density at radius 1 is 1.08 bits per heavy atom. The predicted octanol–water partition coefficient (Wildman–Crippen LogP) is 4.70. The Balaban J connectivity index is 1.95. The standard InChI is InChI=1S/C21H19FN2O2/c1-3-12-23-19-14(2)21(25)18-7-5-4-6-17(18)20(19)24-26-13-15-8-10-16(22)11-9-15/h4-12H,3,13H2,1-2H3/b23-12-,24-20+. The van der Waals surface area contributed by atoms with Crippen LogP contribution in [0.1, 0.15) is 41.8 Å². The predicted molar refractivity (Wildman–Crippen MR) is 100.0 cm³/mol. The Hall–Kier alpha value is -3.08. The molecule has 0 aliphatic heterocycles. The SMILES string of the molecule is CC/C=N\C1=C(C)C(=O)c2ccccc2/C1=N\OCc1ccc(F)cc1. The van der Waals surface area contributed by atoms with Crippen LogP contribution in [0.5, 0.6) is 0 Å². The number of carbonyl (C=O) groups is 1. The molecule has 0 atom stereocenters. The topological polar surface area (TPSA) is 51.0 Å². The summed E-state index contributed by atoms with van der Waals surface area (Å²) in [4.78, 5) is 22.5. The van der Waals surface area contributed by atoms with E-state index in [-0.39, 0.29) is 18.2 Å². The van der Waals surface area contributed by atoms with Gasteiger partial charge in [-0.2, -0.15) is 0 Å². The number of benzene rings is 2. The molecule has 0 fully saturated rings. The zero-order valence-electron chi connectivity index (χ0n) is 14.7. The number of rotatable bonds is 5. The summed E-state index contributed by atoms with van der Waals surface area (Å²) >= 11 is 0. The molecule has 0 saturated carbocycles. The average molecular weight is 350 g/mol. The zero-order chi connectivity index (χ0) is 18.5. The van der Waals surface area contributed by atoms with E-state index in [4.69, 9.17) is 4.84 Å². The maximum absolute atomic E-state index is 13.0. The lowest BCUT2D eigenvalue weighted by molar-refractivity contribution is 0.103. The molecule has 1 aliphatic rings. The molecule has 0 amide bonds. The van der Waals surface area contributed by atoms with Crippen LogP contribution in [0.4, 0.5) is 4.39 Å². The first-order valence-corrected chi connectivity index (χ1v) is 8.44. The van der Waals surface area contributed by atoms with Crippen molar-refractivity contribution in [3.63, 3.8) is 0 Å². The van der Waals surface area contributed by atoms with Crippen molar-refractivity contribution in [2.75, 3.05) is 0 Å².